The molecule has 0 spiro atoms. The Hall–Kier alpha value is -1.97. The standard InChI is InChI=1S/C13H10IN3O4/c1-21-13(20)10-8-9(15-16-10)12(19)17(11(8)18)7-4-2-6(14)3-5-7/h2-5,8-9,15H,1H3/t8-,9-/m1/s1. The van der Waals surface area contributed by atoms with Crippen molar-refractivity contribution in [1.29, 1.82) is 0 Å². The van der Waals surface area contributed by atoms with Crippen molar-refractivity contribution in [3.05, 3.63) is 27.8 Å². The highest BCUT2D eigenvalue weighted by Gasteiger charge is 2.55. The molecule has 2 aliphatic rings. The first kappa shape index (κ1) is 14.0. The summed E-state index contributed by atoms with van der Waals surface area (Å²) in [5, 5.41) is 3.76. The van der Waals surface area contributed by atoms with Gasteiger partial charge < -0.3 is 4.74 Å². The van der Waals surface area contributed by atoms with E-state index in [-0.39, 0.29) is 5.71 Å². The first-order valence-corrected chi connectivity index (χ1v) is 7.17. The molecule has 1 aromatic carbocycles. The molecule has 2 atom stereocenters. The minimum atomic E-state index is -0.927. The Labute approximate surface area is 133 Å². The lowest BCUT2D eigenvalue weighted by atomic mass is 9.99. The molecule has 0 aliphatic carbocycles. The van der Waals surface area contributed by atoms with E-state index in [0.717, 1.165) is 8.47 Å². The van der Waals surface area contributed by atoms with Crippen LogP contribution in [0.4, 0.5) is 5.69 Å². The molecule has 1 saturated heterocycles. The van der Waals surface area contributed by atoms with Gasteiger partial charge in [-0.25, -0.2) is 9.69 Å². The van der Waals surface area contributed by atoms with Crippen LogP contribution in [0, 0.1) is 9.49 Å². The van der Waals surface area contributed by atoms with E-state index in [1.165, 1.54) is 7.11 Å². The highest BCUT2D eigenvalue weighted by Crippen LogP contribution is 2.30. The number of amides is 2. The third-order valence-corrected chi connectivity index (χ3v) is 4.12. The number of benzene rings is 1. The minimum Gasteiger partial charge on any atom is -0.464 e. The lowest BCUT2D eigenvalue weighted by molar-refractivity contribution is -0.133. The van der Waals surface area contributed by atoms with E-state index in [1.54, 1.807) is 24.3 Å². The number of hydrazone groups is 1. The highest BCUT2D eigenvalue weighted by molar-refractivity contribution is 14.1. The van der Waals surface area contributed by atoms with Crippen LogP contribution in [0.2, 0.25) is 0 Å². The van der Waals surface area contributed by atoms with Gasteiger partial charge in [0.05, 0.1) is 12.8 Å². The van der Waals surface area contributed by atoms with Gasteiger partial charge in [0, 0.05) is 3.57 Å². The summed E-state index contributed by atoms with van der Waals surface area (Å²) in [6, 6.07) is 6.13. The summed E-state index contributed by atoms with van der Waals surface area (Å²) in [5.41, 5.74) is 2.97. The van der Waals surface area contributed by atoms with Crippen molar-refractivity contribution in [2.45, 2.75) is 6.04 Å². The molecule has 0 bridgehead atoms. The smallest absolute Gasteiger partial charge is 0.355 e. The number of hydrogen-bond acceptors (Lipinski definition) is 6. The zero-order valence-corrected chi connectivity index (χ0v) is 13.0. The van der Waals surface area contributed by atoms with Crippen LogP contribution < -0.4 is 10.3 Å². The molecule has 0 saturated carbocycles. The van der Waals surface area contributed by atoms with Crippen LogP contribution in [-0.4, -0.2) is 36.6 Å². The largest absolute Gasteiger partial charge is 0.464 e. The molecular formula is C13H10IN3O4. The number of halogens is 1. The quantitative estimate of drug-likeness (QED) is 0.439. The molecule has 1 aromatic rings. The minimum absolute atomic E-state index is 0.0612. The van der Waals surface area contributed by atoms with Crippen molar-refractivity contribution in [2.24, 2.45) is 11.0 Å². The number of nitrogens with one attached hydrogen (secondary N) is 1. The zero-order chi connectivity index (χ0) is 15.1. The summed E-state index contributed by atoms with van der Waals surface area (Å²) >= 11 is 2.13. The Morgan fingerprint density at radius 3 is 2.57 bits per heavy atom. The molecule has 1 fully saturated rings. The maximum absolute atomic E-state index is 12.5. The summed E-state index contributed by atoms with van der Waals surface area (Å²) < 4.78 is 5.58. The fraction of sp³-hybridized carbons (Fsp3) is 0.231. The number of anilines is 1. The van der Waals surface area contributed by atoms with Crippen molar-refractivity contribution in [2.75, 3.05) is 12.0 Å². The average molecular weight is 399 g/mol. The fourth-order valence-corrected chi connectivity index (χ4v) is 2.77. The molecule has 8 heteroatoms. The third kappa shape index (κ3) is 2.09. The van der Waals surface area contributed by atoms with Gasteiger partial charge in [-0.15, -0.1) is 0 Å². The van der Waals surface area contributed by atoms with Gasteiger partial charge in [0.15, 0.2) is 5.71 Å². The molecule has 7 nitrogen and oxygen atoms in total. The number of hydrogen-bond donors (Lipinski definition) is 1. The number of fused-ring (bicyclic) bond motifs is 1. The van der Waals surface area contributed by atoms with Crippen molar-refractivity contribution >= 4 is 51.8 Å². The molecule has 2 aliphatic heterocycles. The van der Waals surface area contributed by atoms with E-state index < -0.39 is 29.7 Å². The number of methoxy groups -OCH3 is 1. The van der Waals surface area contributed by atoms with Gasteiger partial charge in [0.25, 0.3) is 5.91 Å². The van der Waals surface area contributed by atoms with Gasteiger partial charge in [-0.3, -0.25) is 15.0 Å². The van der Waals surface area contributed by atoms with Crippen LogP contribution in [0.5, 0.6) is 0 Å². The summed E-state index contributed by atoms with van der Waals surface area (Å²) in [4.78, 5) is 37.5. The monoisotopic (exact) mass is 399 g/mol. The van der Waals surface area contributed by atoms with E-state index in [0.29, 0.717) is 5.69 Å². The maximum atomic E-state index is 12.5. The van der Waals surface area contributed by atoms with Gasteiger partial charge in [0.2, 0.25) is 5.91 Å². The molecule has 21 heavy (non-hydrogen) atoms. The molecule has 3 rings (SSSR count). The second-order valence-electron chi connectivity index (χ2n) is 4.56. The average Bonchev–Trinajstić information content (AvgIpc) is 3.01. The van der Waals surface area contributed by atoms with Crippen LogP contribution in [-0.2, 0) is 19.1 Å². The first-order valence-electron chi connectivity index (χ1n) is 6.09. The van der Waals surface area contributed by atoms with Gasteiger partial charge >= 0.3 is 5.97 Å². The topological polar surface area (TPSA) is 88.1 Å². The van der Waals surface area contributed by atoms with Gasteiger partial charge in [-0.2, -0.15) is 5.10 Å². The number of carbonyl (C=O) groups is 3. The normalized spacial score (nSPS) is 23.7. The van der Waals surface area contributed by atoms with E-state index in [2.05, 4.69) is 37.9 Å². The molecule has 0 radical (unpaired) electrons. The molecule has 108 valence electrons. The van der Waals surface area contributed by atoms with E-state index in [1.807, 2.05) is 0 Å². The summed E-state index contributed by atoms with van der Waals surface area (Å²) in [7, 11) is 1.20. The van der Waals surface area contributed by atoms with Crippen LogP contribution >= 0.6 is 22.6 Å². The van der Waals surface area contributed by atoms with Crippen LogP contribution in [0.3, 0.4) is 0 Å². The third-order valence-electron chi connectivity index (χ3n) is 3.40. The van der Waals surface area contributed by atoms with Crippen LogP contribution in [0.1, 0.15) is 0 Å². The Bertz CT molecular complexity index is 670. The lowest BCUT2D eigenvalue weighted by Crippen LogP contribution is -2.36. The molecular weight excluding hydrogens is 389 g/mol. The molecule has 2 heterocycles. The molecule has 1 N–H and O–H groups in total. The van der Waals surface area contributed by atoms with Crippen molar-refractivity contribution < 1.29 is 19.1 Å². The van der Waals surface area contributed by atoms with Crippen LogP contribution in [0.25, 0.3) is 0 Å². The van der Waals surface area contributed by atoms with E-state index in [4.69, 9.17) is 0 Å². The molecule has 2 amide bonds. The lowest BCUT2D eigenvalue weighted by Gasteiger charge is -2.15. The molecule has 0 aromatic heterocycles. The van der Waals surface area contributed by atoms with Gasteiger partial charge in [-0.1, -0.05) is 0 Å². The number of esters is 1. The van der Waals surface area contributed by atoms with Gasteiger partial charge in [0.1, 0.15) is 12.0 Å². The Kier molecular flexibility index (Phi) is 3.40. The fourth-order valence-electron chi connectivity index (χ4n) is 2.41. The van der Waals surface area contributed by atoms with Crippen LogP contribution in [0.15, 0.2) is 29.4 Å². The summed E-state index contributed by atoms with van der Waals surface area (Å²) in [6.45, 7) is 0. The van der Waals surface area contributed by atoms with Gasteiger partial charge in [-0.05, 0) is 46.9 Å². The first-order chi connectivity index (χ1) is 10.0. The highest BCUT2D eigenvalue weighted by atomic mass is 127. The summed E-state index contributed by atoms with van der Waals surface area (Å²) in [6.07, 6.45) is 0. The Morgan fingerprint density at radius 2 is 1.95 bits per heavy atom. The van der Waals surface area contributed by atoms with Crippen molar-refractivity contribution in [3.63, 3.8) is 0 Å². The summed E-state index contributed by atoms with van der Waals surface area (Å²) in [5.74, 6) is -2.53. The number of nitrogens with zero attached hydrogens (tertiary/aromatic N) is 2. The Balaban J connectivity index is 1.95. The number of ether oxygens (including phenoxy) is 1. The van der Waals surface area contributed by atoms with Crippen molar-refractivity contribution in [3.8, 4) is 0 Å². The predicted octanol–water partition coefficient (Wildman–Crippen LogP) is 0.281. The van der Waals surface area contributed by atoms with E-state index in [9.17, 15) is 14.4 Å². The predicted molar refractivity (Wildman–Crippen MR) is 81.5 cm³/mol. The maximum Gasteiger partial charge on any atom is 0.355 e. The molecule has 0 unspecified atom stereocenters. The van der Waals surface area contributed by atoms with Crippen molar-refractivity contribution in [1.82, 2.24) is 5.43 Å². The second kappa shape index (κ2) is 5.10. The number of rotatable bonds is 2. The number of imide groups is 1. The second-order valence-corrected chi connectivity index (χ2v) is 5.81. The van der Waals surface area contributed by atoms with E-state index >= 15 is 0 Å². The SMILES string of the molecule is COC(=O)C1=NN[C@H]2C(=O)N(c3ccc(I)cc3)C(=O)[C@@H]12. The zero-order valence-electron chi connectivity index (χ0n) is 10.9. The number of carbonyl (C=O) groups excluding carboxylic acids is 3. The Morgan fingerprint density at radius 1 is 1.29 bits per heavy atom.